The molecule has 1 saturated carbocycles. The number of aryl methyl sites for hydroxylation is 2. The van der Waals surface area contributed by atoms with Gasteiger partial charge in [-0.25, -0.2) is 9.97 Å². The van der Waals surface area contributed by atoms with E-state index >= 15 is 0 Å². The van der Waals surface area contributed by atoms with Gasteiger partial charge in [-0.15, -0.1) is 0 Å². The highest BCUT2D eigenvalue weighted by Gasteiger charge is 2.34. The van der Waals surface area contributed by atoms with Gasteiger partial charge in [0.25, 0.3) is 0 Å². The number of anilines is 1. The number of carbonyl (C=O) groups is 1. The minimum Gasteiger partial charge on any atom is -0.481 e. The van der Waals surface area contributed by atoms with E-state index in [0.29, 0.717) is 18.8 Å². The van der Waals surface area contributed by atoms with Gasteiger partial charge in [0.1, 0.15) is 0 Å². The van der Waals surface area contributed by atoms with Crippen LogP contribution in [0.4, 0.5) is 5.95 Å². The maximum Gasteiger partial charge on any atom is 0.306 e. The van der Waals surface area contributed by atoms with Crippen LogP contribution in [0.25, 0.3) is 0 Å². The summed E-state index contributed by atoms with van der Waals surface area (Å²) in [7, 11) is 0. The highest BCUT2D eigenvalue weighted by molar-refractivity contribution is 5.71. The maximum atomic E-state index is 10.6. The molecule has 1 aliphatic rings. The second-order valence-electron chi connectivity index (χ2n) is 4.32. The molecule has 1 aromatic rings. The molecular weight excluding hydrogens is 206 g/mol. The monoisotopic (exact) mass is 221 g/mol. The molecule has 1 aromatic heterocycles. The van der Waals surface area contributed by atoms with E-state index in [4.69, 9.17) is 5.11 Å². The van der Waals surface area contributed by atoms with Gasteiger partial charge in [-0.2, -0.15) is 0 Å². The van der Waals surface area contributed by atoms with E-state index < -0.39 is 5.97 Å². The molecule has 0 aliphatic heterocycles. The molecule has 0 saturated heterocycles. The fraction of sp³-hybridized carbons (Fsp3) is 0.545. The van der Waals surface area contributed by atoms with Gasteiger partial charge < -0.3 is 10.4 Å². The summed E-state index contributed by atoms with van der Waals surface area (Å²) in [4.78, 5) is 19.1. The number of nitrogens with one attached hydrogen (secondary N) is 1. The normalized spacial score (nSPS) is 23.6. The van der Waals surface area contributed by atoms with Crippen LogP contribution in [0.15, 0.2) is 6.07 Å². The Labute approximate surface area is 93.9 Å². The third-order valence-corrected chi connectivity index (χ3v) is 2.80. The third-order valence-electron chi connectivity index (χ3n) is 2.80. The van der Waals surface area contributed by atoms with E-state index in [-0.39, 0.29) is 12.0 Å². The van der Waals surface area contributed by atoms with Crippen LogP contribution < -0.4 is 5.32 Å². The number of nitrogens with zero attached hydrogens (tertiary/aromatic N) is 2. The van der Waals surface area contributed by atoms with Crippen LogP contribution >= 0.6 is 0 Å². The molecule has 1 aliphatic carbocycles. The molecule has 2 N–H and O–H groups in total. The van der Waals surface area contributed by atoms with Crippen molar-refractivity contribution in [3.63, 3.8) is 0 Å². The lowest BCUT2D eigenvalue weighted by atomic mass is 9.80. The molecule has 1 heterocycles. The lowest BCUT2D eigenvalue weighted by molar-refractivity contribution is -0.144. The zero-order valence-corrected chi connectivity index (χ0v) is 9.40. The first-order valence-electron chi connectivity index (χ1n) is 5.36. The number of rotatable bonds is 3. The molecule has 0 bridgehead atoms. The summed E-state index contributed by atoms with van der Waals surface area (Å²) in [5, 5.41) is 11.9. The lowest BCUT2D eigenvalue weighted by Crippen LogP contribution is -2.39. The van der Waals surface area contributed by atoms with E-state index in [2.05, 4.69) is 15.3 Å². The van der Waals surface area contributed by atoms with Crippen LogP contribution in [-0.2, 0) is 4.79 Å². The van der Waals surface area contributed by atoms with E-state index in [0.717, 1.165) is 11.4 Å². The van der Waals surface area contributed by atoms with Crippen LogP contribution in [-0.4, -0.2) is 27.1 Å². The van der Waals surface area contributed by atoms with Crippen molar-refractivity contribution in [2.45, 2.75) is 32.7 Å². The topological polar surface area (TPSA) is 75.1 Å². The number of aliphatic carboxylic acids is 1. The molecule has 5 nitrogen and oxygen atoms in total. The van der Waals surface area contributed by atoms with E-state index in [9.17, 15) is 4.79 Å². The van der Waals surface area contributed by atoms with Crippen molar-refractivity contribution < 1.29 is 9.90 Å². The van der Waals surface area contributed by atoms with Crippen molar-refractivity contribution in [2.24, 2.45) is 5.92 Å². The van der Waals surface area contributed by atoms with Gasteiger partial charge in [-0.1, -0.05) is 0 Å². The third kappa shape index (κ3) is 2.29. The molecule has 0 unspecified atom stereocenters. The van der Waals surface area contributed by atoms with E-state index in [1.165, 1.54) is 0 Å². The van der Waals surface area contributed by atoms with Gasteiger partial charge in [0.05, 0.1) is 5.92 Å². The Morgan fingerprint density at radius 3 is 2.44 bits per heavy atom. The predicted molar refractivity (Wildman–Crippen MR) is 59.3 cm³/mol. The van der Waals surface area contributed by atoms with E-state index in [1.54, 1.807) is 0 Å². The Balaban J connectivity index is 1.94. The van der Waals surface area contributed by atoms with Crippen molar-refractivity contribution in [1.29, 1.82) is 0 Å². The van der Waals surface area contributed by atoms with Gasteiger partial charge >= 0.3 is 5.97 Å². The van der Waals surface area contributed by atoms with Crippen LogP contribution in [0.3, 0.4) is 0 Å². The molecule has 5 heteroatoms. The van der Waals surface area contributed by atoms with Gasteiger partial charge in [-0.05, 0) is 32.8 Å². The average Bonchev–Trinajstić information content (AvgIpc) is 2.08. The van der Waals surface area contributed by atoms with Gasteiger partial charge in [0, 0.05) is 17.4 Å². The Bertz CT molecular complexity index is 393. The Morgan fingerprint density at radius 1 is 1.38 bits per heavy atom. The van der Waals surface area contributed by atoms with Crippen LogP contribution in [0, 0.1) is 19.8 Å². The summed E-state index contributed by atoms with van der Waals surface area (Å²) in [5.74, 6) is -0.311. The highest BCUT2D eigenvalue weighted by Crippen LogP contribution is 2.29. The minimum absolute atomic E-state index is 0.197. The van der Waals surface area contributed by atoms with Crippen molar-refractivity contribution in [1.82, 2.24) is 9.97 Å². The second-order valence-corrected chi connectivity index (χ2v) is 4.32. The molecule has 0 atom stereocenters. The van der Waals surface area contributed by atoms with Crippen molar-refractivity contribution in [3.8, 4) is 0 Å². The largest absolute Gasteiger partial charge is 0.481 e. The molecule has 16 heavy (non-hydrogen) atoms. The fourth-order valence-corrected chi connectivity index (χ4v) is 1.91. The number of hydrogen-bond donors (Lipinski definition) is 2. The standard InChI is InChI=1S/C11H15N3O2/c1-6-3-7(2)13-11(12-6)14-9-4-8(5-9)10(15)16/h3,8-9H,4-5H2,1-2H3,(H,15,16)(H,12,13,14). The molecule has 0 amide bonds. The zero-order valence-electron chi connectivity index (χ0n) is 9.40. The SMILES string of the molecule is Cc1cc(C)nc(NC2CC(C(=O)O)C2)n1. The molecule has 0 spiro atoms. The first kappa shape index (κ1) is 10.9. The molecular formula is C11H15N3O2. The van der Waals surface area contributed by atoms with Crippen LogP contribution in [0.2, 0.25) is 0 Å². The van der Waals surface area contributed by atoms with E-state index in [1.807, 2.05) is 19.9 Å². The average molecular weight is 221 g/mol. The van der Waals surface area contributed by atoms with Crippen LogP contribution in [0.5, 0.6) is 0 Å². The zero-order chi connectivity index (χ0) is 11.7. The molecule has 0 radical (unpaired) electrons. The number of carboxylic acid groups (broad SMARTS) is 1. The smallest absolute Gasteiger partial charge is 0.306 e. The Morgan fingerprint density at radius 2 is 1.94 bits per heavy atom. The molecule has 1 fully saturated rings. The van der Waals surface area contributed by atoms with Gasteiger partial charge in [0.15, 0.2) is 0 Å². The Hall–Kier alpha value is -1.65. The Kier molecular flexibility index (Phi) is 2.77. The summed E-state index contributed by atoms with van der Waals surface area (Å²) in [6, 6.07) is 2.11. The minimum atomic E-state index is -0.709. The summed E-state index contributed by atoms with van der Waals surface area (Å²) in [6.45, 7) is 3.83. The fourth-order valence-electron chi connectivity index (χ4n) is 1.91. The summed E-state index contributed by atoms with van der Waals surface area (Å²) >= 11 is 0. The molecule has 0 aromatic carbocycles. The quantitative estimate of drug-likeness (QED) is 0.806. The highest BCUT2D eigenvalue weighted by atomic mass is 16.4. The van der Waals surface area contributed by atoms with Crippen molar-refractivity contribution in [3.05, 3.63) is 17.5 Å². The summed E-state index contributed by atoms with van der Waals surface area (Å²) < 4.78 is 0. The first-order chi connectivity index (χ1) is 7.54. The lowest BCUT2D eigenvalue weighted by Gasteiger charge is -2.32. The summed E-state index contributed by atoms with van der Waals surface area (Å²) in [5.41, 5.74) is 1.84. The van der Waals surface area contributed by atoms with Crippen molar-refractivity contribution in [2.75, 3.05) is 5.32 Å². The van der Waals surface area contributed by atoms with Crippen LogP contribution in [0.1, 0.15) is 24.2 Å². The van der Waals surface area contributed by atoms with Gasteiger partial charge in [-0.3, -0.25) is 4.79 Å². The van der Waals surface area contributed by atoms with Gasteiger partial charge in [0.2, 0.25) is 5.95 Å². The second kappa shape index (κ2) is 4.08. The van der Waals surface area contributed by atoms with Crippen molar-refractivity contribution >= 4 is 11.9 Å². The first-order valence-corrected chi connectivity index (χ1v) is 5.36. The molecule has 2 rings (SSSR count). The maximum absolute atomic E-state index is 10.6. The predicted octanol–water partition coefficient (Wildman–Crippen LogP) is 1.37. The number of hydrogen-bond acceptors (Lipinski definition) is 4. The number of aromatic nitrogens is 2. The number of carboxylic acids is 1. The molecule has 86 valence electrons. The summed E-state index contributed by atoms with van der Waals surface area (Å²) in [6.07, 6.45) is 1.32.